The number of hydrogen-bond acceptors (Lipinski definition) is 9. The molecule has 1 atom stereocenters. The van der Waals surface area contributed by atoms with Crippen molar-refractivity contribution in [1.82, 2.24) is 20.5 Å². The summed E-state index contributed by atoms with van der Waals surface area (Å²) in [7, 11) is -3.86. The summed E-state index contributed by atoms with van der Waals surface area (Å²) in [5, 5.41) is 12.5. The lowest BCUT2D eigenvalue weighted by molar-refractivity contribution is -0.137. The number of aryl methyl sites for hydroxylation is 1. The van der Waals surface area contributed by atoms with Gasteiger partial charge in [-0.05, 0) is 68.0 Å². The van der Waals surface area contributed by atoms with Crippen LogP contribution in [0.2, 0.25) is 0 Å². The zero-order valence-electron chi connectivity index (χ0n) is 21.4. The van der Waals surface area contributed by atoms with E-state index in [2.05, 4.69) is 25.2 Å². The van der Waals surface area contributed by atoms with E-state index < -0.39 is 27.9 Å². The van der Waals surface area contributed by atoms with E-state index in [1.165, 1.54) is 29.5 Å². The van der Waals surface area contributed by atoms with Gasteiger partial charge in [0.25, 0.3) is 10.0 Å². The number of carbonyl (C=O) groups is 1. The molecule has 1 unspecified atom stereocenters. The molecular weight excluding hydrogens is 600 g/mol. The molecule has 1 saturated carbocycles. The van der Waals surface area contributed by atoms with E-state index in [0.29, 0.717) is 35.0 Å². The third-order valence-electron chi connectivity index (χ3n) is 6.73. The molecule has 0 radical (unpaired) electrons. The van der Waals surface area contributed by atoms with Crippen molar-refractivity contribution in [2.45, 2.75) is 55.6 Å². The lowest BCUT2D eigenvalue weighted by Crippen LogP contribution is -2.37. The van der Waals surface area contributed by atoms with Gasteiger partial charge in [0.15, 0.2) is 0 Å². The Bertz CT molecular complexity index is 1730. The fraction of sp³-hybridized carbons (Fsp3) is 0.308. The highest BCUT2D eigenvalue weighted by atomic mass is 32.2. The number of fused-ring (bicyclic) bond motifs is 1. The molecule has 4 aromatic rings. The first-order valence-corrected chi connectivity index (χ1v) is 15.7. The molecule has 2 aliphatic carbocycles. The van der Waals surface area contributed by atoms with Crippen molar-refractivity contribution >= 4 is 43.9 Å². The zero-order chi connectivity index (χ0) is 28.9. The summed E-state index contributed by atoms with van der Waals surface area (Å²) in [6.07, 6.45) is -2.14. The molecule has 214 valence electrons. The van der Waals surface area contributed by atoms with Crippen LogP contribution in [0.1, 0.15) is 46.2 Å². The van der Waals surface area contributed by atoms with E-state index in [9.17, 15) is 26.4 Å². The Kier molecular flexibility index (Phi) is 6.98. The fourth-order valence-corrected chi connectivity index (χ4v) is 7.61. The van der Waals surface area contributed by atoms with Crippen molar-refractivity contribution < 1.29 is 31.1 Å². The van der Waals surface area contributed by atoms with Crippen LogP contribution in [0.5, 0.6) is 5.06 Å². The molecule has 1 amide bonds. The summed E-state index contributed by atoms with van der Waals surface area (Å²) >= 11 is 2.30. The molecule has 9 nitrogen and oxygen atoms in total. The van der Waals surface area contributed by atoms with Gasteiger partial charge in [-0.2, -0.15) is 13.2 Å². The molecule has 0 aliphatic heterocycles. The van der Waals surface area contributed by atoms with Gasteiger partial charge < -0.3 is 10.1 Å². The van der Waals surface area contributed by atoms with Crippen LogP contribution in [-0.2, 0) is 29.0 Å². The second-order valence-electron chi connectivity index (χ2n) is 9.86. The fourth-order valence-electron chi connectivity index (χ4n) is 4.49. The lowest BCUT2D eigenvalue weighted by Gasteiger charge is -2.11. The summed E-state index contributed by atoms with van der Waals surface area (Å²) in [5.41, 5.74) is 1.86. The number of rotatable bonds is 7. The normalized spacial score (nSPS) is 16.8. The standard InChI is InChI=1S/C26H22F3N5O4S3/c1-13-23(39-21(30-13)14-4-7-18(8-5-14)26(27,28)29)38-25(35)31-19-10-16-6-9-20(12-17(16)11-19)41(36,37)34-24-33-32-22(40-24)15-2-3-15/h4-9,12,15,19H,2-3,10-11H2,1H3,(H,31,35)(H,33,34). The van der Waals surface area contributed by atoms with Crippen molar-refractivity contribution in [3.63, 3.8) is 0 Å². The Balaban J connectivity index is 1.07. The van der Waals surface area contributed by atoms with Crippen LogP contribution in [0.3, 0.4) is 0 Å². The minimum Gasteiger partial charge on any atom is -0.397 e. The second-order valence-corrected chi connectivity index (χ2v) is 13.5. The van der Waals surface area contributed by atoms with Gasteiger partial charge in [0.2, 0.25) is 10.2 Å². The van der Waals surface area contributed by atoms with Crippen LogP contribution < -0.4 is 14.8 Å². The van der Waals surface area contributed by atoms with Crippen LogP contribution in [0, 0.1) is 6.92 Å². The Labute approximate surface area is 240 Å². The summed E-state index contributed by atoms with van der Waals surface area (Å²) in [5.74, 6) is 0.378. The van der Waals surface area contributed by atoms with Crippen molar-refractivity contribution in [1.29, 1.82) is 0 Å². The third-order valence-corrected chi connectivity index (χ3v) is 10.3. The molecule has 6 rings (SSSR count). The first-order chi connectivity index (χ1) is 19.4. The largest absolute Gasteiger partial charge is 0.416 e. The maximum absolute atomic E-state index is 12.9. The van der Waals surface area contributed by atoms with Gasteiger partial charge in [0.1, 0.15) is 10.0 Å². The Morgan fingerprint density at radius 1 is 1.02 bits per heavy atom. The molecule has 2 heterocycles. The van der Waals surface area contributed by atoms with Crippen LogP contribution in [0.15, 0.2) is 47.4 Å². The molecule has 15 heteroatoms. The van der Waals surface area contributed by atoms with Gasteiger partial charge >= 0.3 is 12.3 Å². The van der Waals surface area contributed by atoms with E-state index >= 15 is 0 Å². The van der Waals surface area contributed by atoms with Gasteiger partial charge in [0, 0.05) is 17.5 Å². The van der Waals surface area contributed by atoms with E-state index in [1.54, 1.807) is 19.1 Å². The van der Waals surface area contributed by atoms with Crippen LogP contribution >= 0.6 is 22.7 Å². The number of ether oxygens (including phenoxy) is 1. The summed E-state index contributed by atoms with van der Waals surface area (Å²) < 4.78 is 72.4. The quantitative estimate of drug-likeness (QED) is 0.263. The highest BCUT2D eigenvalue weighted by molar-refractivity contribution is 7.93. The average Bonchev–Trinajstić information content (AvgIpc) is 3.35. The number of aromatic nitrogens is 3. The highest BCUT2D eigenvalue weighted by Gasteiger charge is 2.31. The summed E-state index contributed by atoms with van der Waals surface area (Å²) in [6, 6.07) is 9.14. The Hall–Kier alpha value is -3.56. The molecule has 2 aromatic carbocycles. The molecule has 2 aromatic heterocycles. The van der Waals surface area contributed by atoms with Gasteiger partial charge in [-0.1, -0.05) is 40.9 Å². The maximum atomic E-state index is 12.9. The predicted molar refractivity (Wildman–Crippen MR) is 147 cm³/mol. The number of sulfonamides is 1. The van der Waals surface area contributed by atoms with Crippen molar-refractivity contribution in [2.75, 3.05) is 4.72 Å². The number of halogens is 3. The van der Waals surface area contributed by atoms with Crippen LogP contribution in [0.4, 0.5) is 23.1 Å². The molecule has 2 aliphatic rings. The van der Waals surface area contributed by atoms with Gasteiger partial charge in [-0.25, -0.2) is 18.2 Å². The molecule has 0 spiro atoms. The molecular formula is C26H22F3N5O4S3. The molecule has 2 N–H and O–H groups in total. The predicted octanol–water partition coefficient (Wildman–Crippen LogP) is 5.92. The second kappa shape index (κ2) is 10.4. The highest BCUT2D eigenvalue weighted by Crippen LogP contribution is 2.42. The van der Waals surface area contributed by atoms with Crippen LogP contribution in [-0.4, -0.2) is 35.7 Å². The monoisotopic (exact) mass is 621 g/mol. The topological polar surface area (TPSA) is 123 Å². The van der Waals surface area contributed by atoms with E-state index in [0.717, 1.165) is 52.4 Å². The number of alkyl halides is 3. The van der Waals surface area contributed by atoms with Gasteiger partial charge in [0.05, 0.1) is 16.2 Å². The number of carbonyl (C=O) groups excluding carboxylic acids is 1. The minimum atomic E-state index is -4.44. The lowest BCUT2D eigenvalue weighted by atomic mass is 10.1. The number of hydrogen-bond donors (Lipinski definition) is 2. The van der Waals surface area contributed by atoms with Crippen molar-refractivity contribution in [3.05, 3.63) is 69.9 Å². The SMILES string of the molecule is Cc1nc(-c2ccc(C(F)(F)F)cc2)sc1OC(=O)NC1Cc2ccc(S(=O)(=O)Nc3nnc(C4CC4)s3)cc2C1. The Morgan fingerprint density at radius 2 is 1.76 bits per heavy atom. The minimum absolute atomic E-state index is 0.0960. The number of anilines is 1. The van der Waals surface area contributed by atoms with Crippen molar-refractivity contribution in [3.8, 4) is 15.6 Å². The van der Waals surface area contributed by atoms with E-state index in [-0.39, 0.29) is 21.1 Å². The van der Waals surface area contributed by atoms with E-state index in [1.807, 2.05) is 0 Å². The summed E-state index contributed by atoms with van der Waals surface area (Å²) in [4.78, 5) is 17.1. The first-order valence-electron chi connectivity index (χ1n) is 12.6. The third kappa shape index (κ3) is 6.06. The Morgan fingerprint density at radius 3 is 2.46 bits per heavy atom. The van der Waals surface area contributed by atoms with Crippen molar-refractivity contribution in [2.24, 2.45) is 0 Å². The van der Waals surface area contributed by atoms with Gasteiger partial charge in [-0.15, -0.1) is 10.2 Å². The first kappa shape index (κ1) is 27.6. The number of thiazole rings is 1. The number of benzene rings is 2. The molecule has 0 bridgehead atoms. The smallest absolute Gasteiger partial charge is 0.397 e. The number of nitrogens with one attached hydrogen (secondary N) is 2. The number of amides is 1. The zero-order valence-corrected chi connectivity index (χ0v) is 23.8. The maximum Gasteiger partial charge on any atom is 0.416 e. The number of nitrogens with zero attached hydrogens (tertiary/aromatic N) is 3. The van der Waals surface area contributed by atoms with Gasteiger partial charge in [-0.3, -0.25) is 4.72 Å². The average molecular weight is 622 g/mol. The van der Waals surface area contributed by atoms with E-state index in [4.69, 9.17) is 4.74 Å². The molecule has 1 fully saturated rings. The van der Waals surface area contributed by atoms with Crippen LogP contribution in [0.25, 0.3) is 10.6 Å². The summed E-state index contributed by atoms with van der Waals surface area (Å²) in [6.45, 7) is 1.64. The molecule has 0 saturated heterocycles. The molecule has 41 heavy (non-hydrogen) atoms.